The van der Waals surface area contributed by atoms with E-state index in [-0.39, 0.29) is 24.0 Å². The summed E-state index contributed by atoms with van der Waals surface area (Å²) < 4.78 is 10.6. The molecule has 0 unspecified atom stereocenters. The van der Waals surface area contributed by atoms with Gasteiger partial charge in [0.25, 0.3) is 0 Å². The summed E-state index contributed by atoms with van der Waals surface area (Å²) in [5.74, 6) is 1.83. The summed E-state index contributed by atoms with van der Waals surface area (Å²) >= 11 is 0. The first-order valence-electron chi connectivity index (χ1n) is 7.15. The third-order valence-corrected chi connectivity index (χ3v) is 3.29. The lowest BCUT2D eigenvalue weighted by Gasteiger charge is -2.26. The Morgan fingerprint density at radius 1 is 1.29 bits per heavy atom. The molecule has 7 heteroatoms. The molecule has 2 N–H and O–H groups in total. The normalized spacial score (nSPS) is 16.3. The fourth-order valence-electron chi connectivity index (χ4n) is 2.14. The van der Waals surface area contributed by atoms with Crippen molar-refractivity contribution in [2.75, 3.05) is 53.0 Å². The summed E-state index contributed by atoms with van der Waals surface area (Å²) in [5, 5.41) is 6.60. The number of morpholine rings is 1. The Hall–Kier alpha value is -0.800. The van der Waals surface area contributed by atoms with E-state index in [1.54, 1.807) is 13.3 Å². The highest BCUT2D eigenvalue weighted by atomic mass is 127. The maximum absolute atomic E-state index is 5.33. The second-order valence-electron chi connectivity index (χ2n) is 4.71. The number of halogens is 1. The van der Waals surface area contributed by atoms with Crippen molar-refractivity contribution in [3.05, 3.63) is 24.2 Å². The number of ether oxygens (including phenoxy) is 1. The molecule has 1 fully saturated rings. The Labute approximate surface area is 143 Å². The molecule has 2 heterocycles. The average Bonchev–Trinajstić information content (AvgIpc) is 3.00. The monoisotopic (exact) mass is 408 g/mol. The van der Waals surface area contributed by atoms with E-state index >= 15 is 0 Å². The second-order valence-corrected chi connectivity index (χ2v) is 4.71. The zero-order valence-electron chi connectivity index (χ0n) is 12.5. The third kappa shape index (κ3) is 7.14. The molecule has 0 spiro atoms. The van der Waals surface area contributed by atoms with Crippen LogP contribution in [0.4, 0.5) is 0 Å². The highest BCUT2D eigenvalue weighted by Gasteiger charge is 2.09. The van der Waals surface area contributed by atoms with Crippen molar-refractivity contribution in [2.45, 2.75) is 6.42 Å². The van der Waals surface area contributed by atoms with Crippen molar-refractivity contribution >= 4 is 29.9 Å². The largest absolute Gasteiger partial charge is 0.469 e. The first-order chi connectivity index (χ1) is 9.88. The Balaban J connectivity index is 0.00000220. The number of aliphatic imine (C=N–C) groups is 1. The van der Waals surface area contributed by atoms with Crippen molar-refractivity contribution in [1.29, 1.82) is 0 Å². The van der Waals surface area contributed by atoms with Gasteiger partial charge in [-0.25, -0.2) is 0 Å². The molecule has 0 aromatic carbocycles. The first kappa shape index (κ1) is 18.2. The molecule has 1 saturated heterocycles. The Morgan fingerprint density at radius 3 is 2.71 bits per heavy atom. The number of hydrogen-bond donors (Lipinski definition) is 2. The van der Waals surface area contributed by atoms with Crippen LogP contribution in [0.2, 0.25) is 0 Å². The minimum absolute atomic E-state index is 0. The molecule has 6 nitrogen and oxygen atoms in total. The maximum atomic E-state index is 5.33. The van der Waals surface area contributed by atoms with E-state index in [1.807, 2.05) is 12.1 Å². The van der Waals surface area contributed by atoms with Crippen LogP contribution in [-0.4, -0.2) is 63.8 Å². The first-order valence-corrected chi connectivity index (χ1v) is 7.15. The van der Waals surface area contributed by atoms with Crippen molar-refractivity contribution < 1.29 is 9.15 Å². The topological polar surface area (TPSA) is 62.0 Å². The summed E-state index contributed by atoms with van der Waals surface area (Å²) in [6.45, 7) is 6.44. The molecular formula is C14H25IN4O2. The van der Waals surface area contributed by atoms with E-state index in [4.69, 9.17) is 9.15 Å². The van der Waals surface area contributed by atoms with E-state index in [0.29, 0.717) is 0 Å². The number of hydrogen-bond acceptors (Lipinski definition) is 4. The molecule has 0 amide bonds. The number of nitrogens with one attached hydrogen (secondary N) is 2. The minimum atomic E-state index is 0. The van der Waals surface area contributed by atoms with Gasteiger partial charge in [0.15, 0.2) is 5.96 Å². The minimum Gasteiger partial charge on any atom is -0.469 e. The Bertz CT molecular complexity index is 392. The molecule has 2 rings (SSSR count). The fourth-order valence-corrected chi connectivity index (χ4v) is 2.14. The molecule has 0 bridgehead atoms. The van der Waals surface area contributed by atoms with Gasteiger partial charge in [0, 0.05) is 46.2 Å². The van der Waals surface area contributed by atoms with Crippen LogP contribution in [-0.2, 0) is 11.2 Å². The van der Waals surface area contributed by atoms with Gasteiger partial charge in [0.05, 0.1) is 19.5 Å². The van der Waals surface area contributed by atoms with Crippen LogP contribution in [0.15, 0.2) is 27.8 Å². The van der Waals surface area contributed by atoms with Gasteiger partial charge in [-0.05, 0) is 12.1 Å². The summed E-state index contributed by atoms with van der Waals surface area (Å²) in [5.41, 5.74) is 0. The summed E-state index contributed by atoms with van der Waals surface area (Å²) in [7, 11) is 1.79. The molecule has 0 atom stereocenters. The predicted molar refractivity (Wildman–Crippen MR) is 94.5 cm³/mol. The fraction of sp³-hybridized carbons (Fsp3) is 0.643. The van der Waals surface area contributed by atoms with Gasteiger partial charge in [0.2, 0.25) is 0 Å². The second kappa shape index (κ2) is 10.9. The van der Waals surface area contributed by atoms with Gasteiger partial charge in [0.1, 0.15) is 5.76 Å². The van der Waals surface area contributed by atoms with Gasteiger partial charge in [-0.2, -0.15) is 0 Å². The average molecular weight is 408 g/mol. The Morgan fingerprint density at radius 2 is 2.05 bits per heavy atom. The van der Waals surface area contributed by atoms with Crippen LogP contribution in [0.5, 0.6) is 0 Å². The van der Waals surface area contributed by atoms with Crippen molar-refractivity contribution in [3.63, 3.8) is 0 Å². The van der Waals surface area contributed by atoms with E-state index in [1.165, 1.54) is 0 Å². The number of guanidine groups is 1. The molecule has 1 aliphatic heterocycles. The van der Waals surface area contributed by atoms with Gasteiger partial charge < -0.3 is 19.8 Å². The van der Waals surface area contributed by atoms with E-state index in [0.717, 1.165) is 64.1 Å². The lowest BCUT2D eigenvalue weighted by atomic mass is 10.3. The zero-order valence-corrected chi connectivity index (χ0v) is 14.8. The predicted octanol–water partition coefficient (Wildman–Crippen LogP) is 0.937. The highest BCUT2D eigenvalue weighted by molar-refractivity contribution is 14.0. The quantitative estimate of drug-likeness (QED) is 0.417. The van der Waals surface area contributed by atoms with Crippen LogP contribution in [0.1, 0.15) is 5.76 Å². The third-order valence-electron chi connectivity index (χ3n) is 3.29. The van der Waals surface area contributed by atoms with E-state index in [2.05, 4.69) is 20.5 Å². The van der Waals surface area contributed by atoms with E-state index in [9.17, 15) is 0 Å². The van der Waals surface area contributed by atoms with Gasteiger partial charge in [-0.3, -0.25) is 9.89 Å². The standard InChI is InChI=1S/C14H24N4O2.HI/c1-15-14(16-5-4-13-3-2-10-20-13)17-6-7-18-8-11-19-12-9-18;/h2-3,10H,4-9,11-12H2,1H3,(H2,15,16,17);1H. The number of nitrogens with zero attached hydrogens (tertiary/aromatic N) is 2. The van der Waals surface area contributed by atoms with Crippen molar-refractivity contribution in [1.82, 2.24) is 15.5 Å². The Kier molecular flexibility index (Phi) is 9.44. The van der Waals surface area contributed by atoms with Crippen LogP contribution < -0.4 is 10.6 Å². The highest BCUT2D eigenvalue weighted by Crippen LogP contribution is 1.99. The summed E-state index contributed by atoms with van der Waals surface area (Å²) in [4.78, 5) is 6.61. The van der Waals surface area contributed by atoms with Crippen LogP contribution in [0.25, 0.3) is 0 Å². The molecule has 21 heavy (non-hydrogen) atoms. The van der Waals surface area contributed by atoms with Crippen LogP contribution in [0.3, 0.4) is 0 Å². The smallest absolute Gasteiger partial charge is 0.191 e. The molecule has 0 saturated carbocycles. The molecule has 0 radical (unpaired) electrons. The summed E-state index contributed by atoms with van der Waals surface area (Å²) in [6.07, 6.45) is 2.56. The van der Waals surface area contributed by atoms with Gasteiger partial charge in [-0.15, -0.1) is 24.0 Å². The number of rotatable bonds is 6. The molecule has 0 aliphatic carbocycles. The molecular weight excluding hydrogens is 383 g/mol. The molecule has 1 aliphatic rings. The molecule has 120 valence electrons. The summed E-state index contributed by atoms with van der Waals surface area (Å²) in [6, 6.07) is 3.89. The molecule has 1 aromatic heterocycles. The SMILES string of the molecule is CN=C(NCCc1ccco1)NCCN1CCOCC1.I. The maximum Gasteiger partial charge on any atom is 0.191 e. The number of furan rings is 1. The van der Waals surface area contributed by atoms with Crippen molar-refractivity contribution in [3.8, 4) is 0 Å². The zero-order chi connectivity index (χ0) is 14.0. The molecule has 1 aromatic rings. The van der Waals surface area contributed by atoms with E-state index < -0.39 is 0 Å². The van der Waals surface area contributed by atoms with Crippen molar-refractivity contribution in [2.24, 2.45) is 4.99 Å². The van der Waals surface area contributed by atoms with Crippen LogP contribution in [0, 0.1) is 0 Å². The van der Waals surface area contributed by atoms with Gasteiger partial charge >= 0.3 is 0 Å². The van der Waals surface area contributed by atoms with Gasteiger partial charge in [-0.1, -0.05) is 0 Å². The lowest BCUT2D eigenvalue weighted by molar-refractivity contribution is 0.0389. The lowest BCUT2D eigenvalue weighted by Crippen LogP contribution is -2.44. The van der Waals surface area contributed by atoms with Crippen LogP contribution >= 0.6 is 24.0 Å².